The maximum atomic E-state index is 13.2. The van der Waals surface area contributed by atoms with E-state index < -0.39 is 20.2 Å². The van der Waals surface area contributed by atoms with Gasteiger partial charge in [-0.05, 0) is 42.4 Å². The van der Waals surface area contributed by atoms with E-state index >= 15 is 0 Å². The summed E-state index contributed by atoms with van der Waals surface area (Å²) in [6.45, 7) is 13.7. The van der Waals surface area contributed by atoms with Crippen LogP contribution in [0, 0.1) is 5.82 Å². The number of carbonyl (C=O) groups excluding carboxylic acids is 2. The highest BCUT2D eigenvalue weighted by molar-refractivity contribution is 7.99. The first-order valence-corrected chi connectivity index (χ1v) is 14.7. The normalized spacial score (nSPS) is 16.1. The molecule has 1 heterocycles. The lowest BCUT2D eigenvalue weighted by Crippen LogP contribution is -2.53. The van der Waals surface area contributed by atoms with Crippen molar-refractivity contribution in [3.05, 3.63) is 35.6 Å². The second-order valence-corrected chi connectivity index (χ2v) is 15.1. The molecular weight excluding hydrogens is 435 g/mol. The molecule has 1 N–H and O–H groups in total. The van der Waals surface area contributed by atoms with Crippen LogP contribution in [0.1, 0.15) is 31.1 Å². The predicted molar refractivity (Wildman–Crippen MR) is 126 cm³/mol. The van der Waals surface area contributed by atoms with Crippen molar-refractivity contribution >= 4 is 31.9 Å². The van der Waals surface area contributed by atoms with Crippen molar-refractivity contribution in [3.63, 3.8) is 0 Å². The number of hydrogen-bond acceptors (Lipinski definition) is 5. The second kappa shape index (κ2) is 11.4. The largest absolute Gasteiger partial charge is 0.416 e. The van der Waals surface area contributed by atoms with E-state index in [0.29, 0.717) is 44.2 Å². The molecule has 6 nitrogen and oxygen atoms in total. The number of halogens is 1. The van der Waals surface area contributed by atoms with E-state index in [9.17, 15) is 14.0 Å². The molecule has 0 aliphatic carbocycles. The zero-order valence-corrected chi connectivity index (χ0v) is 21.0. The Hall–Kier alpha value is -1.42. The monoisotopic (exact) mass is 470 g/mol. The van der Waals surface area contributed by atoms with E-state index in [0.717, 1.165) is 5.75 Å². The smallest absolute Gasteiger partial charge is 0.251 e. The Morgan fingerprint density at radius 2 is 1.84 bits per heavy atom. The van der Waals surface area contributed by atoms with Gasteiger partial charge in [0.25, 0.3) is 5.91 Å². The first kappa shape index (κ1) is 25.8. The molecule has 1 aromatic rings. The number of amides is 2. The maximum Gasteiger partial charge on any atom is 0.251 e. The number of hydrogen-bond donors (Lipinski definition) is 1. The van der Waals surface area contributed by atoms with Crippen LogP contribution in [0.5, 0.6) is 0 Å². The Balaban J connectivity index is 1.94. The van der Waals surface area contributed by atoms with Gasteiger partial charge in [-0.25, -0.2) is 4.39 Å². The molecule has 0 radical (unpaired) electrons. The van der Waals surface area contributed by atoms with Crippen LogP contribution >= 0.6 is 11.8 Å². The van der Waals surface area contributed by atoms with Gasteiger partial charge < -0.3 is 19.4 Å². The third-order valence-corrected chi connectivity index (χ3v) is 11.4. The van der Waals surface area contributed by atoms with Gasteiger partial charge in [0.05, 0.1) is 13.2 Å². The summed E-state index contributed by atoms with van der Waals surface area (Å²) in [6, 6.07) is 4.65. The van der Waals surface area contributed by atoms with Gasteiger partial charge in [0, 0.05) is 36.8 Å². The van der Waals surface area contributed by atoms with Gasteiger partial charge in [0.1, 0.15) is 11.9 Å². The molecule has 1 saturated heterocycles. The summed E-state index contributed by atoms with van der Waals surface area (Å²) in [6.07, 6.45) is 0. The summed E-state index contributed by atoms with van der Waals surface area (Å²) in [5, 5.41) is 2.98. The molecule has 1 aliphatic heterocycles. The summed E-state index contributed by atoms with van der Waals surface area (Å²) >= 11 is 1.59. The topological polar surface area (TPSA) is 67.9 Å². The van der Waals surface area contributed by atoms with Gasteiger partial charge in [-0.2, -0.15) is 11.8 Å². The number of morpholine rings is 1. The fourth-order valence-electron chi connectivity index (χ4n) is 2.80. The lowest BCUT2D eigenvalue weighted by molar-refractivity contribution is -0.136. The molecule has 9 heteroatoms. The van der Waals surface area contributed by atoms with Crippen molar-refractivity contribution in [1.82, 2.24) is 10.2 Å². The van der Waals surface area contributed by atoms with Gasteiger partial charge in [-0.1, -0.05) is 20.8 Å². The third kappa shape index (κ3) is 7.89. The molecule has 1 unspecified atom stereocenters. The Labute approximate surface area is 190 Å². The van der Waals surface area contributed by atoms with E-state index in [2.05, 4.69) is 39.2 Å². The number of rotatable bonds is 9. The quantitative estimate of drug-likeness (QED) is 0.442. The average molecular weight is 471 g/mol. The summed E-state index contributed by atoms with van der Waals surface area (Å²) in [5.41, 5.74) is 0.326. The first-order chi connectivity index (χ1) is 14.5. The van der Waals surface area contributed by atoms with Crippen LogP contribution in [-0.4, -0.2) is 75.5 Å². The number of carbonyl (C=O) groups is 2. The Kier molecular flexibility index (Phi) is 9.54. The molecule has 1 aromatic carbocycles. The van der Waals surface area contributed by atoms with E-state index in [-0.39, 0.29) is 16.9 Å². The molecule has 2 amide bonds. The summed E-state index contributed by atoms with van der Waals surface area (Å²) in [7, 11) is -1.81. The van der Waals surface area contributed by atoms with Crippen molar-refractivity contribution in [3.8, 4) is 0 Å². The van der Waals surface area contributed by atoms with Crippen molar-refractivity contribution in [2.75, 3.05) is 44.4 Å². The molecule has 0 aromatic heterocycles. The van der Waals surface area contributed by atoms with Crippen LogP contribution in [0.25, 0.3) is 0 Å². The van der Waals surface area contributed by atoms with Crippen LogP contribution < -0.4 is 5.32 Å². The predicted octanol–water partition coefficient (Wildman–Crippen LogP) is 3.54. The van der Waals surface area contributed by atoms with Crippen LogP contribution in [0.4, 0.5) is 4.39 Å². The number of thioether (sulfide) groups is 1. The van der Waals surface area contributed by atoms with E-state index in [4.69, 9.17) is 9.16 Å². The highest BCUT2D eigenvalue weighted by Crippen LogP contribution is 2.36. The Morgan fingerprint density at radius 3 is 2.42 bits per heavy atom. The zero-order chi connectivity index (χ0) is 23.1. The minimum Gasteiger partial charge on any atom is -0.416 e. The molecule has 174 valence electrons. The lowest BCUT2D eigenvalue weighted by atomic mass is 10.2. The van der Waals surface area contributed by atoms with Gasteiger partial charge in [0.15, 0.2) is 8.32 Å². The number of nitrogens with one attached hydrogen (secondary N) is 1. The molecule has 0 bridgehead atoms. The minimum absolute atomic E-state index is 0.114. The fraction of sp³-hybridized carbons (Fsp3) is 0.636. The fourth-order valence-corrected chi connectivity index (χ4v) is 4.82. The van der Waals surface area contributed by atoms with Crippen molar-refractivity contribution in [2.45, 2.75) is 44.9 Å². The van der Waals surface area contributed by atoms with Gasteiger partial charge in [-0.15, -0.1) is 0 Å². The molecule has 2 rings (SSSR count). The van der Waals surface area contributed by atoms with Crippen LogP contribution in [0.3, 0.4) is 0 Å². The highest BCUT2D eigenvalue weighted by Gasteiger charge is 2.37. The highest BCUT2D eigenvalue weighted by atomic mass is 32.2. The second-order valence-electron chi connectivity index (χ2n) is 9.15. The summed E-state index contributed by atoms with van der Waals surface area (Å²) in [4.78, 5) is 27.4. The number of benzene rings is 1. The minimum atomic E-state index is -1.81. The standard InChI is InChI=1S/C22H35FN2O4SSi/c1-22(2,3)31(4,5)29-14-15-30-16-19(21(27)25-10-12-28-13-11-25)24-20(26)17-6-8-18(23)9-7-17/h6-9,19H,10-16H2,1-5H3,(H,24,26). The molecule has 31 heavy (non-hydrogen) atoms. The molecule has 1 aliphatic rings. The van der Waals surface area contributed by atoms with Gasteiger partial charge in [0.2, 0.25) is 5.91 Å². The molecule has 1 atom stereocenters. The van der Waals surface area contributed by atoms with Crippen molar-refractivity contribution in [2.24, 2.45) is 0 Å². The van der Waals surface area contributed by atoms with E-state index in [1.54, 1.807) is 16.7 Å². The SMILES string of the molecule is CC(C)(C)[Si](C)(C)OCCSCC(NC(=O)c1ccc(F)cc1)C(=O)N1CCOCC1. The van der Waals surface area contributed by atoms with Crippen molar-refractivity contribution in [1.29, 1.82) is 0 Å². The maximum absolute atomic E-state index is 13.2. The van der Waals surface area contributed by atoms with Gasteiger partial charge in [-0.3, -0.25) is 9.59 Å². The van der Waals surface area contributed by atoms with Crippen LogP contribution in [0.15, 0.2) is 24.3 Å². The average Bonchev–Trinajstić information content (AvgIpc) is 2.72. The molecule has 0 saturated carbocycles. The van der Waals surface area contributed by atoms with Gasteiger partial charge >= 0.3 is 0 Å². The molecule has 1 fully saturated rings. The van der Waals surface area contributed by atoms with E-state index in [1.807, 2.05) is 0 Å². The molecular formula is C22H35FN2O4SSi. The van der Waals surface area contributed by atoms with Crippen LogP contribution in [-0.2, 0) is 14.0 Å². The molecule has 0 spiro atoms. The number of nitrogens with zero attached hydrogens (tertiary/aromatic N) is 1. The lowest BCUT2D eigenvalue weighted by Gasteiger charge is -2.36. The van der Waals surface area contributed by atoms with Crippen molar-refractivity contribution < 1.29 is 23.1 Å². The first-order valence-electron chi connectivity index (χ1n) is 10.7. The third-order valence-electron chi connectivity index (χ3n) is 5.81. The Bertz CT molecular complexity index is 734. The summed E-state index contributed by atoms with van der Waals surface area (Å²) < 4.78 is 24.7. The van der Waals surface area contributed by atoms with Crippen LogP contribution in [0.2, 0.25) is 18.1 Å². The van der Waals surface area contributed by atoms with E-state index in [1.165, 1.54) is 24.3 Å². The zero-order valence-electron chi connectivity index (χ0n) is 19.2. The number of ether oxygens (including phenoxy) is 1. The summed E-state index contributed by atoms with van der Waals surface area (Å²) in [5.74, 6) is 0.284. The Morgan fingerprint density at radius 1 is 1.23 bits per heavy atom.